The highest BCUT2D eigenvalue weighted by Gasteiger charge is 2.16. The van der Waals surface area contributed by atoms with Crippen molar-refractivity contribution in [3.05, 3.63) is 66.9 Å². The maximum atomic E-state index is 12.6. The summed E-state index contributed by atoms with van der Waals surface area (Å²) in [4.78, 5) is 17.2. The van der Waals surface area contributed by atoms with E-state index in [0.717, 1.165) is 10.9 Å². The van der Waals surface area contributed by atoms with Crippen molar-refractivity contribution in [3.63, 3.8) is 0 Å². The van der Waals surface area contributed by atoms with Crippen molar-refractivity contribution >= 4 is 40.5 Å². The molecule has 6 heteroatoms. The van der Waals surface area contributed by atoms with Gasteiger partial charge in [0.05, 0.1) is 16.9 Å². The number of fused-ring (bicyclic) bond motifs is 2. The van der Waals surface area contributed by atoms with Gasteiger partial charge in [0.1, 0.15) is 0 Å². The maximum Gasteiger partial charge on any atom is 0.323 e. The number of anilines is 2. The molecule has 1 aliphatic rings. The number of rotatable bonds is 4. The second kappa shape index (κ2) is 11.4. The molecule has 4 rings (SSSR count). The minimum absolute atomic E-state index is 0.182. The van der Waals surface area contributed by atoms with Crippen molar-refractivity contribution in [2.24, 2.45) is 0 Å². The van der Waals surface area contributed by atoms with E-state index in [1.165, 1.54) is 0 Å². The average molecular weight is 420 g/mol. The van der Waals surface area contributed by atoms with Gasteiger partial charge < -0.3 is 20.1 Å². The zero-order valence-corrected chi connectivity index (χ0v) is 18.5. The van der Waals surface area contributed by atoms with Gasteiger partial charge in [-0.05, 0) is 24.3 Å². The molecule has 0 aliphatic carbocycles. The Morgan fingerprint density at radius 2 is 1.68 bits per heavy atom. The van der Waals surface area contributed by atoms with E-state index in [0.29, 0.717) is 34.1 Å². The number of para-hydroxylation sites is 1. The number of ether oxygens (including phenoxy) is 2. The van der Waals surface area contributed by atoms with Crippen molar-refractivity contribution < 1.29 is 14.3 Å². The Bertz CT molecular complexity index is 1080. The molecular weight excluding hydrogens is 390 g/mol. The smallest absolute Gasteiger partial charge is 0.323 e. The Kier molecular flexibility index (Phi) is 8.64. The topological polar surface area (TPSA) is 72.5 Å². The molecular formula is C25H29N3O3. The Balaban J connectivity index is 0.000000807. The lowest BCUT2D eigenvalue weighted by Crippen LogP contribution is -2.20. The third kappa shape index (κ3) is 5.22. The monoisotopic (exact) mass is 419 g/mol. The fourth-order valence-corrected chi connectivity index (χ4v) is 2.99. The lowest BCUT2D eigenvalue weighted by Gasteiger charge is -2.15. The van der Waals surface area contributed by atoms with Crippen LogP contribution in [0.1, 0.15) is 39.0 Å². The molecule has 6 nitrogen and oxygen atoms in total. The van der Waals surface area contributed by atoms with Gasteiger partial charge in [0, 0.05) is 22.7 Å². The summed E-state index contributed by atoms with van der Waals surface area (Å²) in [6.45, 7) is 15.8. The van der Waals surface area contributed by atoms with E-state index < -0.39 is 0 Å². The van der Waals surface area contributed by atoms with Crippen molar-refractivity contribution in [3.8, 4) is 11.5 Å². The lowest BCUT2D eigenvalue weighted by atomic mass is 10.1. The van der Waals surface area contributed by atoms with Crippen LogP contribution in [0.3, 0.4) is 0 Å². The molecule has 0 spiro atoms. The molecule has 0 saturated heterocycles. The Morgan fingerprint density at radius 1 is 0.968 bits per heavy atom. The molecule has 0 atom stereocenters. The van der Waals surface area contributed by atoms with Crippen LogP contribution in [0.4, 0.5) is 16.2 Å². The van der Waals surface area contributed by atoms with Crippen LogP contribution >= 0.6 is 0 Å². The van der Waals surface area contributed by atoms with Gasteiger partial charge in [-0.3, -0.25) is 0 Å². The van der Waals surface area contributed by atoms with Crippen LogP contribution in [0.2, 0.25) is 0 Å². The number of hydrogen-bond donors (Lipinski definition) is 2. The number of urea groups is 1. The number of amides is 2. The normalized spacial score (nSPS) is 10.7. The van der Waals surface area contributed by atoms with E-state index in [2.05, 4.69) is 28.8 Å². The second-order valence-electron chi connectivity index (χ2n) is 5.86. The average Bonchev–Trinajstić information content (AvgIpc) is 3.29. The van der Waals surface area contributed by atoms with Crippen molar-refractivity contribution in [1.29, 1.82) is 0 Å². The highest BCUT2D eigenvalue weighted by atomic mass is 16.7. The molecule has 2 N–H and O–H groups in total. The van der Waals surface area contributed by atoms with Crippen LogP contribution in [0.25, 0.3) is 23.1 Å². The van der Waals surface area contributed by atoms with E-state index in [1.54, 1.807) is 30.4 Å². The molecule has 31 heavy (non-hydrogen) atoms. The third-order valence-corrected chi connectivity index (χ3v) is 4.23. The molecule has 162 valence electrons. The predicted molar refractivity (Wildman–Crippen MR) is 130 cm³/mol. The zero-order valence-electron chi connectivity index (χ0n) is 18.5. The summed E-state index contributed by atoms with van der Waals surface area (Å²) in [7, 11) is 0. The molecule has 1 aromatic heterocycles. The van der Waals surface area contributed by atoms with Crippen LogP contribution in [0, 0.1) is 0 Å². The second-order valence-corrected chi connectivity index (χ2v) is 5.86. The molecule has 3 aromatic rings. The van der Waals surface area contributed by atoms with Crippen LogP contribution in [0.5, 0.6) is 11.5 Å². The van der Waals surface area contributed by atoms with Crippen LogP contribution in [-0.2, 0) is 0 Å². The van der Waals surface area contributed by atoms with E-state index in [-0.39, 0.29) is 12.8 Å². The maximum absolute atomic E-state index is 12.6. The molecule has 2 heterocycles. The minimum Gasteiger partial charge on any atom is -0.454 e. The summed E-state index contributed by atoms with van der Waals surface area (Å²) in [6, 6.07) is 12.4. The van der Waals surface area contributed by atoms with Crippen molar-refractivity contribution in [2.45, 2.75) is 27.7 Å². The fraction of sp³-hybridized carbons (Fsp3) is 0.200. The number of carbonyl (C=O) groups excluding carboxylic acids is 1. The molecule has 2 amide bonds. The van der Waals surface area contributed by atoms with Gasteiger partial charge in [0.2, 0.25) is 6.79 Å². The van der Waals surface area contributed by atoms with Crippen LogP contribution in [0.15, 0.2) is 55.6 Å². The molecule has 1 aliphatic heterocycles. The third-order valence-electron chi connectivity index (χ3n) is 4.23. The van der Waals surface area contributed by atoms with Gasteiger partial charge in [-0.1, -0.05) is 65.1 Å². The first-order valence-electron chi connectivity index (χ1n) is 10.3. The lowest BCUT2D eigenvalue weighted by molar-refractivity contribution is 0.174. The van der Waals surface area contributed by atoms with Gasteiger partial charge in [-0.2, -0.15) is 0 Å². The standard InChI is InChI=1S/C21H17N3O3.2C2H6/c1-3-14-16(4-2)23-17-8-6-5-7-15(17)20(14)24-21(25)22-13-9-10-18-19(11-13)27-12-26-18;2*1-2/h3-11H,1-2,12H2,(H2,22,23,24,25);2*1-2H3. The minimum atomic E-state index is -0.386. The largest absolute Gasteiger partial charge is 0.454 e. The first-order valence-corrected chi connectivity index (χ1v) is 10.3. The summed E-state index contributed by atoms with van der Waals surface area (Å²) in [5.41, 5.74) is 3.35. The molecule has 0 fully saturated rings. The highest BCUT2D eigenvalue weighted by molar-refractivity contribution is 6.08. The number of nitrogens with one attached hydrogen (secondary N) is 2. The first-order chi connectivity index (χ1) is 15.2. The van der Waals surface area contributed by atoms with E-state index in [1.807, 2.05) is 52.0 Å². The van der Waals surface area contributed by atoms with Gasteiger partial charge in [0.15, 0.2) is 11.5 Å². The van der Waals surface area contributed by atoms with Gasteiger partial charge >= 0.3 is 6.03 Å². The molecule has 0 bridgehead atoms. The quantitative estimate of drug-likeness (QED) is 0.480. The molecule has 0 saturated carbocycles. The Morgan fingerprint density at radius 3 is 2.39 bits per heavy atom. The summed E-state index contributed by atoms with van der Waals surface area (Å²) < 4.78 is 10.6. The van der Waals surface area contributed by atoms with Crippen LogP contribution in [-0.4, -0.2) is 17.8 Å². The first kappa shape index (κ1) is 23.5. The highest BCUT2D eigenvalue weighted by Crippen LogP contribution is 2.34. The van der Waals surface area contributed by atoms with E-state index >= 15 is 0 Å². The summed E-state index contributed by atoms with van der Waals surface area (Å²) in [6.07, 6.45) is 3.30. The predicted octanol–water partition coefficient (Wildman–Crippen LogP) is 6.95. The Labute approximate surface area is 183 Å². The SMILES string of the molecule is C=Cc1nc2ccccc2c(NC(=O)Nc2ccc3c(c2)OCO3)c1C=C.CC.CC. The molecule has 2 aromatic carbocycles. The summed E-state index contributed by atoms with van der Waals surface area (Å²) in [5.74, 6) is 1.26. The van der Waals surface area contributed by atoms with E-state index in [9.17, 15) is 4.79 Å². The number of hydrogen-bond acceptors (Lipinski definition) is 4. The molecule has 0 unspecified atom stereocenters. The van der Waals surface area contributed by atoms with Crippen molar-refractivity contribution in [1.82, 2.24) is 4.98 Å². The number of pyridine rings is 1. The number of nitrogens with zero attached hydrogens (tertiary/aromatic N) is 1. The van der Waals surface area contributed by atoms with Gasteiger partial charge in [0.25, 0.3) is 0 Å². The zero-order chi connectivity index (χ0) is 22.8. The summed E-state index contributed by atoms with van der Waals surface area (Å²) >= 11 is 0. The van der Waals surface area contributed by atoms with Gasteiger partial charge in [-0.25, -0.2) is 9.78 Å². The Hall–Kier alpha value is -3.80. The van der Waals surface area contributed by atoms with Gasteiger partial charge in [-0.15, -0.1) is 0 Å². The van der Waals surface area contributed by atoms with Crippen LogP contribution < -0.4 is 20.1 Å². The van der Waals surface area contributed by atoms with Crippen molar-refractivity contribution in [2.75, 3.05) is 17.4 Å². The number of carbonyl (C=O) groups is 1. The molecule has 0 radical (unpaired) electrons. The fourth-order valence-electron chi connectivity index (χ4n) is 2.99. The summed E-state index contributed by atoms with van der Waals surface area (Å²) in [5, 5.41) is 6.54. The number of aromatic nitrogens is 1. The van der Waals surface area contributed by atoms with E-state index in [4.69, 9.17) is 9.47 Å². The number of benzene rings is 2.